The van der Waals surface area contributed by atoms with Crippen molar-refractivity contribution < 1.29 is 22.9 Å². The Hall–Kier alpha value is -2.98. The first kappa shape index (κ1) is 21.7. The number of carbonyl (C=O) groups excluding carboxylic acids is 1. The minimum Gasteiger partial charge on any atom is -0.494 e. The van der Waals surface area contributed by atoms with Crippen LogP contribution in [0.4, 0.5) is 5.69 Å². The van der Waals surface area contributed by atoms with Crippen LogP contribution < -0.4 is 4.74 Å². The summed E-state index contributed by atoms with van der Waals surface area (Å²) in [6, 6.07) is 14.6. The maximum Gasteiger partial charge on any atom is 0.289 e. The molecule has 1 amide bonds. The Balaban J connectivity index is 1.50. The first-order valence-electron chi connectivity index (χ1n) is 9.59. The quantitative estimate of drug-likeness (QED) is 0.359. The van der Waals surface area contributed by atoms with Gasteiger partial charge < -0.3 is 9.64 Å². The number of nitrogens with zero attached hydrogens (tertiary/aromatic N) is 3. The third kappa shape index (κ3) is 5.14. The maximum atomic E-state index is 12.8. The van der Waals surface area contributed by atoms with E-state index in [0.29, 0.717) is 19.4 Å². The topological polar surface area (TPSA) is 110 Å². The zero-order chi connectivity index (χ0) is 21.6. The fourth-order valence-electron chi connectivity index (χ4n) is 3.23. The summed E-state index contributed by atoms with van der Waals surface area (Å²) in [5.74, 6) is 0.688. The number of nitro groups is 1. The number of piperazine rings is 1. The normalized spacial score (nSPS) is 15.0. The largest absolute Gasteiger partial charge is 0.494 e. The second kappa shape index (κ2) is 9.68. The molecule has 0 spiro atoms. The number of nitro benzene ring substituents is 1. The number of hydrogen-bond donors (Lipinski definition) is 0. The van der Waals surface area contributed by atoms with E-state index in [0.717, 1.165) is 5.75 Å². The van der Waals surface area contributed by atoms with Gasteiger partial charge in [-0.1, -0.05) is 30.3 Å². The van der Waals surface area contributed by atoms with Gasteiger partial charge in [-0.3, -0.25) is 14.9 Å². The molecule has 10 heteroatoms. The van der Waals surface area contributed by atoms with Gasteiger partial charge in [-0.25, -0.2) is 8.42 Å². The fraction of sp³-hybridized carbons (Fsp3) is 0.350. The lowest BCUT2D eigenvalue weighted by molar-refractivity contribution is -0.387. The molecular formula is C20H23N3O6S. The van der Waals surface area contributed by atoms with E-state index in [-0.39, 0.29) is 37.0 Å². The van der Waals surface area contributed by atoms with Crippen LogP contribution in [0.15, 0.2) is 59.5 Å². The van der Waals surface area contributed by atoms with Crippen LogP contribution in [0.3, 0.4) is 0 Å². The number of amides is 1. The van der Waals surface area contributed by atoms with Crippen LogP contribution in [0, 0.1) is 10.1 Å². The standard InChI is InChI=1S/C20H23N3O6S/c24-20(11-6-16-29-17-7-2-1-3-8-17)21-12-14-22(15-13-21)30(27,28)19-10-5-4-9-18(19)23(25)26/h1-5,7-10H,6,11-16H2. The Morgan fingerprint density at radius 2 is 1.63 bits per heavy atom. The van der Waals surface area contributed by atoms with Crippen molar-refractivity contribution in [2.45, 2.75) is 17.7 Å². The molecule has 9 nitrogen and oxygen atoms in total. The van der Waals surface area contributed by atoms with E-state index < -0.39 is 20.6 Å². The minimum absolute atomic E-state index is 0.0607. The van der Waals surface area contributed by atoms with Crippen LogP contribution in [0.1, 0.15) is 12.8 Å². The summed E-state index contributed by atoms with van der Waals surface area (Å²) < 4.78 is 32.4. The lowest BCUT2D eigenvalue weighted by atomic mass is 10.2. The van der Waals surface area contributed by atoms with Crippen molar-refractivity contribution >= 4 is 21.6 Å². The lowest BCUT2D eigenvalue weighted by Crippen LogP contribution is -2.50. The Labute approximate surface area is 175 Å². The van der Waals surface area contributed by atoms with Gasteiger partial charge in [-0.05, 0) is 24.6 Å². The Bertz CT molecular complexity index is 989. The van der Waals surface area contributed by atoms with Crippen LogP contribution in [0.5, 0.6) is 5.75 Å². The van der Waals surface area contributed by atoms with Crippen molar-refractivity contribution in [3.8, 4) is 5.75 Å². The highest BCUT2D eigenvalue weighted by Crippen LogP contribution is 2.27. The van der Waals surface area contributed by atoms with Crippen molar-refractivity contribution in [2.75, 3.05) is 32.8 Å². The Morgan fingerprint density at radius 1 is 1.00 bits per heavy atom. The molecule has 30 heavy (non-hydrogen) atoms. The summed E-state index contributed by atoms with van der Waals surface area (Å²) in [6.45, 7) is 1.11. The average molecular weight is 433 g/mol. The van der Waals surface area contributed by atoms with E-state index in [1.807, 2.05) is 30.3 Å². The molecule has 1 aliphatic rings. The molecule has 3 rings (SSSR count). The van der Waals surface area contributed by atoms with Gasteiger partial charge in [0.25, 0.3) is 5.69 Å². The number of hydrogen-bond acceptors (Lipinski definition) is 6. The summed E-state index contributed by atoms with van der Waals surface area (Å²) in [4.78, 5) is 24.1. The van der Waals surface area contributed by atoms with Gasteiger partial charge in [0.2, 0.25) is 15.9 Å². The number of ether oxygens (including phenoxy) is 1. The van der Waals surface area contributed by atoms with Gasteiger partial charge in [-0.2, -0.15) is 4.31 Å². The van der Waals surface area contributed by atoms with Crippen LogP contribution >= 0.6 is 0 Å². The predicted octanol–water partition coefficient (Wildman–Crippen LogP) is 2.29. The number of para-hydroxylation sites is 2. The predicted molar refractivity (Wildman–Crippen MR) is 110 cm³/mol. The maximum absolute atomic E-state index is 12.8. The molecule has 1 saturated heterocycles. The molecule has 160 valence electrons. The van der Waals surface area contributed by atoms with E-state index in [4.69, 9.17) is 4.74 Å². The monoisotopic (exact) mass is 433 g/mol. The molecular weight excluding hydrogens is 410 g/mol. The zero-order valence-electron chi connectivity index (χ0n) is 16.3. The smallest absolute Gasteiger partial charge is 0.289 e. The average Bonchev–Trinajstić information content (AvgIpc) is 2.77. The molecule has 0 aliphatic carbocycles. The number of sulfonamides is 1. The molecule has 0 radical (unpaired) electrons. The molecule has 2 aromatic rings. The third-order valence-corrected chi connectivity index (χ3v) is 6.76. The Kier molecular flexibility index (Phi) is 7.01. The van der Waals surface area contributed by atoms with Crippen molar-refractivity contribution in [3.63, 3.8) is 0 Å². The summed E-state index contributed by atoms with van der Waals surface area (Å²) >= 11 is 0. The molecule has 1 heterocycles. The lowest BCUT2D eigenvalue weighted by Gasteiger charge is -2.34. The summed E-state index contributed by atoms with van der Waals surface area (Å²) in [5, 5.41) is 11.2. The van der Waals surface area contributed by atoms with E-state index >= 15 is 0 Å². The van der Waals surface area contributed by atoms with Crippen LogP contribution in [0.25, 0.3) is 0 Å². The van der Waals surface area contributed by atoms with Crippen molar-refractivity contribution in [3.05, 3.63) is 64.7 Å². The minimum atomic E-state index is -4.00. The molecule has 1 fully saturated rings. The van der Waals surface area contributed by atoms with E-state index in [2.05, 4.69) is 0 Å². The molecule has 0 unspecified atom stereocenters. The number of rotatable bonds is 8. The molecule has 0 saturated carbocycles. The van der Waals surface area contributed by atoms with E-state index in [9.17, 15) is 23.3 Å². The highest BCUT2D eigenvalue weighted by atomic mass is 32.2. The van der Waals surface area contributed by atoms with Gasteiger partial charge in [0.05, 0.1) is 11.5 Å². The van der Waals surface area contributed by atoms with E-state index in [1.54, 1.807) is 4.90 Å². The second-order valence-corrected chi connectivity index (χ2v) is 8.68. The summed E-state index contributed by atoms with van der Waals surface area (Å²) in [7, 11) is -4.00. The van der Waals surface area contributed by atoms with Gasteiger partial charge in [-0.15, -0.1) is 0 Å². The number of carbonyl (C=O) groups is 1. The van der Waals surface area contributed by atoms with Crippen LogP contribution in [0.2, 0.25) is 0 Å². The summed E-state index contributed by atoms with van der Waals surface area (Å²) in [6.07, 6.45) is 0.867. The Morgan fingerprint density at radius 3 is 2.30 bits per heavy atom. The molecule has 1 aliphatic heterocycles. The third-order valence-electron chi connectivity index (χ3n) is 4.82. The van der Waals surface area contributed by atoms with Gasteiger partial charge in [0.1, 0.15) is 5.75 Å². The van der Waals surface area contributed by atoms with Crippen molar-refractivity contribution in [2.24, 2.45) is 0 Å². The van der Waals surface area contributed by atoms with Crippen LogP contribution in [-0.2, 0) is 14.8 Å². The SMILES string of the molecule is O=C(CCCOc1ccccc1)N1CCN(S(=O)(=O)c2ccccc2[N+](=O)[O-])CC1. The molecule has 2 aromatic carbocycles. The number of benzene rings is 2. The zero-order valence-corrected chi connectivity index (χ0v) is 17.2. The van der Waals surface area contributed by atoms with Gasteiger partial charge in [0.15, 0.2) is 4.90 Å². The molecule has 0 bridgehead atoms. The first-order valence-corrected chi connectivity index (χ1v) is 11.0. The van der Waals surface area contributed by atoms with Gasteiger partial charge in [0, 0.05) is 38.7 Å². The molecule has 0 N–H and O–H groups in total. The summed E-state index contributed by atoms with van der Waals surface area (Å²) in [5.41, 5.74) is -0.450. The van der Waals surface area contributed by atoms with Gasteiger partial charge >= 0.3 is 0 Å². The molecule has 0 aromatic heterocycles. The van der Waals surface area contributed by atoms with Crippen molar-refractivity contribution in [1.82, 2.24) is 9.21 Å². The van der Waals surface area contributed by atoms with Crippen molar-refractivity contribution in [1.29, 1.82) is 0 Å². The molecule has 0 atom stereocenters. The van der Waals surface area contributed by atoms with Crippen LogP contribution in [-0.4, -0.2) is 61.2 Å². The fourth-order valence-corrected chi connectivity index (χ4v) is 4.81. The second-order valence-electron chi connectivity index (χ2n) is 6.77. The highest BCUT2D eigenvalue weighted by Gasteiger charge is 2.34. The first-order chi connectivity index (χ1) is 14.4. The van der Waals surface area contributed by atoms with E-state index in [1.165, 1.54) is 28.6 Å². The highest BCUT2D eigenvalue weighted by molar-refractivity contribution is 7.89.